The number of rotatable bonds is 3. The second-order valence-corrected chi connectivity index (χ2v) is 3.92. The van der Waals surface area contributed by atoms with E-state index in [0.717, 1.165) is 0 Å². The second-order valence-electron chi connectivity index (χ2n) is 3.92. The van der Waals surface area contributed by atoms with Crippen molar-refractivity contribution < 1.29 is 42.6 Å². The summed E-state index contributed by atoms with van der Waals surface area (Å²) in [7, 11) is 0. The Hall–Kier alpha value is -1.23. The van der Waals surface area contributed by atoms with Gasteiger partial charge in [0.05, 0.1) is 0 Å². The third-order valence-electron chi connectivity index (χ3n) is 2.58. The van der Waals surface area contributed by atoms with E-state index in [1.807, 2.05) is 18.2 Å². The Morgan fingerprint density at radius 2 is 1.63 bits per heavy atom. The molecule has 0 saturated heterocycles. The third-order valence-corrected chi connectivity index (χ3v) is 2.58. The number of amides is 1. The van der Waals surface area contributed by atoms with Gasteiger partial charge in [0.15, 0.2) is 0 Å². The molecule has 5 heteroatoms. The second kappa shape index (κ2) is 7.38. The molecule has 0 saturated carbocycles. The molecule has 2 aromatic carbocycles. The van der Waals surface area contributed by atoms with Crippen LogP contribution < -0.4 is 11.1 Å². The summed E-state index contributed by atoms with van der Waals surface area (Å²) in [5.41, 5.74) is 7.20. The summed E-state index contributed by atoms with van der Waals surface area (Å²) in [4.78, 5) is 11.9. The smallest absolute Gasteiger partial charge is 0.245 e. The van der Waals surface area contributed by atoms with Gasteiger partial charge in [-0.1, -0.05) is 30.3 Å². The maximum atomic E-state index is 11.9. The number of carbonyl (C=O) groups is 1. The van der Waals surface area contributed by atoms with Crippen molar-refractivity contribution in [2.75, 3.05) is 5.32 Å². The average molecular weight is 331 g/mol. The van der Waals surface area contributed by atoms with Gasteiger partial charge in [-0.3, -0.25) is 4.79 Å². The number of hydrogen-bond donors (Lipinski definition) is 3. The molecule has 1 amide bonds. The summed E-state index contributed by atoms with van der Waals surface area (Å²) in [5, 5.41) is 11.9. The van der Waals surface area contributed by atoms with Crippen LogP contribution in [0.15, 0.2) is 54.6 Å². The molecule has 0 aliphatic heterocycles. The summed E-state index contributed by atoms with van der Waals surface area (Å²) in [6.45, 7) is 0. The molecule has 4 nitrogen and oxygen atoms in total. The Bertz CT molecular complexity index is 529. The van der Waals surface area contributed by atoms with Crippen molar-refractivity contribution in [1.82, 2.24) is 0 Å². The monoisotopic (exact) mass is 331 g/mol. The maximum Gasteiger partial charge on any atom is 0.245 e. The summed E-state index contributed by atoms with van der Waals surface area (Å²) >= 11 is 0. The van der Waals surface area contributed by atoms with Crippen LogP contribution >= 0.6 is 0 Å². The van der Waals surface area contributed by atoms with Crippen molar-refractivity contribution in [2.24, 2.45) is 5.73 Å². The molecule has 1 unspecified atom stereocenters. The van der Waals surface area contributed by atoms with Gasteiger partial charge in [0.2, 0.25) is 5.91 Å². The summed E-state index contributed by atoms with van der Waals surface area (Å²) in [6.07, 6.45) is 0. The minimum atomic E-state index is -0.759. The van der Waals surface area contributed by atoms with Crippen LogP contribution in [0.3, 0.4) is 0 Å². The van der Waals surface area contributed by atoms with Gasteiger partial charge in [0, 0.05) is 38.4 Å². The minimum absolute atomic E-state index is 0. The number of hydrogen-bond acceptors (Lipinski definition) is 3. The predicted octanol–water partition coefficient (Wildman–Crippen LogP) is 2.03. The first kappa shape index (κ1) is 15.8. The van der Waals surface area contributed by atoms with E-state index in [1.165, 1.54) is 12.1 Å². The molecule has 0 bridgehead atoms. The van der Waals surface area contributed by atoms with Gasteiger partial charge in [-0.15, -0.1) is 0 Å². The van der Waals surface area contributed by atoms with Crippen molar-refractivity contribution in [3.8, 4) is 5.75 Å². The number of nitrogens with two attached hydrogens (primary N) is 1. The van der Waals surface area contributed by atoms with Gasteiger partial charge in [-0.05, 0) is 29.8 Å². The summed E-state index contributed by atoms with van der Waals surface area (Å²) < 4.78 is 0. The van der Waals surface area contributed by atoms with E-state index in [1.54, 1.807) is 24.3 Å². The van der Waals surface area contributed by atoms with Crippen LogP contribution in [-0.4, -0.2) is 11.0 Å². The van der Waals surface area contributed by atoms with E-state index in [0.29, 0.717) is 11.3 Å². The van der Waals surface area contributed by atoms with Crippen LogP contribution in [0.25, 0.3) is 0 Å². The predicted molar refractivity (Wildman–Crippen MR) is 70.1 cm³/mol. The topological polar surface area (TPSA) is 75.4 Å². The molecule has 0 aliphatic rings. The first-order chi connectivity index (χ1) is 8.66. The Labute approximate surface area is 136 Å². The molecule has 0 spiro atoms. The van der Waals surface area contributed by atoms with Gasteiger partial charge in [0.25, 0.3) is 0 Å². The van der Waals surface area contributed by atoms with Crippen molar-refractivity contribution >= 4 is 11.6 Å². The number of phenols is 1. The van der Waals surface area contributed by atoms with E-state index in [4.69, 9.17) is 5.73 Å². The molecule has 0 heterocycles. The standard InChI is InChI=1S/C14H14N2O2.Y/c15-13(10-6-8-12(17)9-7-10)14(18)16-11-4-2-1-3-5-11;/h1-9,13,17H,15H2,(H,16,18);. The number of aromatic hydroxyl groups is 1. The summed E-state index contributed by atoms with van der Waals surface area (Å²) in [5.74, 6) is -0.138. The van der Waals surface area contributed by atoms with Gasteiger partial charge >= 0.3 is 0 Å². The SMILES string of the molecule is NC(C(=O)Nc1ccccc1)c1ccc(O)cc1.[Y]. The Morgan fingerprint density at radius 1 is 1.05 bits per heavy atom. The molecular formula is C14H14N2O2Y. The molecular weight excluding hydrogens is 317 g/mol. The van der Waals surface area contributed by atoms with E-state index in [-0.39, 0.29) is 44.4 Å². The number of phenolic OH excluding ortho intramolecular Hbond substituents is 1. The van der Waals surface area contributed by atoms with Crippen LogP contribution in [0.2, 0.25) is 0 Å². The van der Waals surface area contributed by atoms with E-state index >= 15 is 0 Å². The first-order valence-electron chi connectivity index (χ1n) is 5.57. The Morgan fingerprint density at radius 3 is 2.21 bits per heavy atom. The number of anilines is 1. The van der Waals surface area contributed by atoms with Crippen molar-refractivity contribution in [2.45, 2.75) is 6.04 Å². The van der Waals surface area contributed by atoms with E-state index in [9.17, 15) is 9.90 Å². The molecule has 0 fully saturated rings. The number of carbonyl (C=O) groups excluding carboxylic acids is 1. The van der Waals surface area contributed by atoms with Crippen molar-refractivity contribution in [3.05, 3.63) is 60.2 Å². The van der Waals surface area contributed by atoms with Crippen LogP contribution in [-0.2, 0) is 37.5 Å². The molecule has 1 atom stereocenters. The molecule has 19 heavy (non-hydrogen) atoms. The molecule has 95 valence electrons. The number of benzene rings is 2. The van der Waals surface area contributed by atoms with E-state index in [2.05, 4.69) is 5.32 Å². The third kappa shape index (κ3) is 4.42. The fourth-order valence-electron chi connectivity index (χ4n) is 1.57. The quantitative estimate of drug-likeness (QED) is 0.806. The van der Waals surface area contributed by atoms with Gasteiger partial charge in [0.1, 0.15) is 11.8 Å². The Kier molecular flexibility index (Phi) is 6.15. The van der Waals surface area contributed by atoms with Crippen LogP contribution in [0.4, 0.5) is 5.69 Å². The van der Waals surface area contributed by atoms with Gasteiger partial charge in [-0.25, -0.2) is 0 Å². The zero-order chi connectivity index (χ0) is 13.0. The van der Waals surface area contributed by atoms with Crippen LogP contribution in [0.1, 0.15) is 11.6 Å². The fourth-order valence-corrected chi connectivity index (χ4v) is 1.57. The largest absolute Gasteiger partial charge is 0.508 e. The number of para-hydroxylation sites is 1. The fraction of sp³-hybridized carbons (Fsp3) is 0.0714. The van der Waals surface area contributed by atoms with Crippen LogP contribution in [0.5, 0.6) is 5.75 Å². The molecule has 2 aromatic rings. The minimum Gasteiger partial charge on any atom is -0.508 e. The molecule has 0 aliphatic carbocycles. The Balaban J connectivity index is 0.00000180. The van der Waals surface area contributed by atoms with Gasteiger partial charge in [-0.2, -0.15) is 0 Å². The summed E-state index contributed by atoms with van der Waals surface area (Å²) in [6, 6.07) is 14.6. The molecule has 2 rings (SSSR count). The van der Waals surface area contributed by atoms with E-state index < -0.39 is 6.04 Å². The zero-order valence-electron chi connectivity index (χ0n) is 10.3. The zero-order valence-corrected chi connectivity index (χ0v) is 13.1. The average Bonchev–Trinajstić information content (AvgIpc) is 2.40. The molecule has 1 radical (unpaired) electrons. The van der Waals surface area contributed by atoms with Crippen molar-refractivity contribution in [3.63, 3.8) is 0 Å². The molecule has 0 aromatic heterocycles. The maximum absolute atomic E-state index is 11.9. The first-order valence-corrected chi connectivity index (χ1v) is 5.57. The van der Waals surface area contributed by atoms with Crippen LogP contribution in [0, 0.1) is 0 Å². The van der Waals surface area contributed by atoms with Crippen molar-refractivity contribution in [1.29, 1.82) is 0 Å². The normalized spacial score (nSPS) is 11.2. The van der Waals surface area contributed by atoms with Gasteiger partial charge < -0.3 is 16.2 Å². The number of nitrogens with one attached hydrogen (secondary N) is 1. The molecule has 4 N–H and O–H groups in total.